The average Bonchev–Trinajstić information content (AvgIpc) is 3.47. The van der Waals surface area contributed by atoms with Crippen molar-refractivity contribution >= 4 is 59.3 Å². The molecule has 0 saturated carbocycles. The summed E-state index contributed by atoms with van der Waals surface area (Å²) in [5, 5.41) is 5.16. The van der Waals surface area contributed by atoms with Crippen molar-refractivity contribution < 1.29 is 0 Å². The first-order valence-electron chi connectivity index (χ1n) is 14.3. The molecule has 0 aliphatic heterocycles. The first-order valence-corrected chi connectivity index (χ1v) is 15.1. The molecule has 0 fully saturated rings. The Hall–Kier alpha value is -5.18. The van der Waals surface area contributed by atoms with Crippen LogP contribution in [0.5, 0.6) is 0 Å². The molecule has 0 spiro atoms. The molecule has 8 rings (SSSR count). The molecule has 1 aromatic heterocycles. The Balaban J connectivity index is 1.34. The lowest BCUT2D eigenvalue weighted by Gasteiger charge is -2.27. The second-order valence-corrected chi connectivity index (χ2v) is 11.6. The molecule has 0 N–H and O–H groups in total. The number of para-hydroxylation sites is 1. The van der Waals surface area contributed by atoms with Gasteiger partial charge in [0.25, 0.3) is 0 Å². The van der Waals surface area contributed by atoms with Gasteiger partial charge < -0.3 is 4.90 Å². The van der Waals surface area contributed by atoms with Gasteiger partial charge in [0.15, 0.2) is 0 Å². The maximum atomic E-state index is 2.42. The standard InChI is InChI=1S/C40H27NS/c1-3-13-28(14-4-1)33-18-9-10-19-34(33)29-23-25-32(26-24-29)41(31-16-5-2-6-17-31)37-27-30-15-7-8-20-35(30)40-39(37)36-21-11-12-22-38(36)42-40/h1-27H. The first kappa shape index (κ1) is 24.6. The van der Waals surface area contributed by atoms with Gasteiger partial charge >= 0.3 is 0 Å². The van der Waals surface area contributed by atoms with Crippen molar-refractivity contribution in [3.05, 3.63) is 164 Å². The van der Waals surface area contributed by atoms with E-state index in [0.717, 1.165) is 11.4 Å². The predicted octanol–water partition coefficient (Wildman–Crippen LogP) is 12.0. The highest BCUT2D eigenvalue weighted by molar-refractivity contribution is 7.26. The number of hydrogen-bond acceptors (Lipinski definition) is 2. The molecule has 0 bridgehead atoms. The van der Waals surface area contributed by atoms with Gasteiger partial charge in [-0.1, -0.05) is 127 Å². The number of nitrogens with zero attached hydrogens (tertiary/aromatic N) is 1. The van der Waals surface area contributed by atoms with Gasteiger partial charge in [-0.15, -0.1) is 11.3 Å². The molecular weight excluding hydrogens is 527 g/mol. The van der Waals surface area contributed by atoms with Crippen LogP contribution in [0.3, 0.4) is 0 Å². The summed E-state index contributed by atoms with van der Waals surface area (Å²) in [7, 11) is 0. The molecule has 8 aromatic rings. The zero-order chi connectivity index (χ0) is 27.9. The van der Waals surface area contributed by atoms with Crippen LogP contribution in [0.15, 0.2) is 164 Å². The average molecular weight is 554 g/mol. The number of thiophene rings is 1. The van der Waals surface area contributed by atoms with Crippen LogP contribution >= 0.6 is 11.3 Å². The fourth-order valence-corrected chi connectivity index (χ4v) is 7.37. The second kappa shape index (κ2) is 10.3. The van der Waals surface area contributed by atoms with Crippen LogP contribution in [-0.4, -0.2) is 0 Å². The van der Waals surface area contributed by atoms with E-state index in [1.165, 1.54) is 58.9 Å². The highest BCUT2D eigenvalue weighted by Gasteiger charge is 2.20. The number of anilines is 3. The van der Waals surface area contributed by atoms with Crippen molar-refractivity contribution in [3.63, 3.8) is 0 Å². The third-order valence-electron chi connectivity index (χ3n) is 8.05. The van der Waals surface area contributed by atoms with Gasteiger partial charge in [-0.05, 0) is 69.4 Å². The van der Waals surface area contributed by atoms with Crippen molar-refractivity contribution in [2.24, 2.45) is 0 Å². The van der Waals surface area contributed by atoms with E-state index in [1.807, 2.05) is 11.3 Å². The van der Waals surface area contributed by atoms with Crippen molar-refractivity contribution in [3.8, 4) is 22.3 Å². The van der Waals surface area contributed by atoms with E-state index in [9.17, 15) is 0 Å². The largest absolute Gasteiger partial charge is 0.310 e. The minimum absolute atomic E-state index is 1.13. The molecule has 1 heterocycles. The fraction of sp³-hybridized carbons (Fsp3) is 0. The zero-order valence-corrected chi connectivity index (χ0v) is 23.8. The predicted molar refractivity (Wildman–Crippen MR) is 182 cm³/mol. The van der Waals surface area contributed by atoms with E-state index in [1.54, 1.807) is 0 Å². The van der Waals surface area contributed by atoms with Crippen molar-refractivity contribution in [2.75, 3.05) is 4.90 Å². The topological polar surface area (TPSA) is 3.24 Å². The molecule has 0 radical (unpaired) electrons. The molecule has 0 amide bonds. The van der Waals surface area contributed by atoms with Crippen LogP contribution in [0.4, 0.5) is 17.1 Å². The summed E-state index contributed by atoms with van der Waals surface area (Å²) in [5.41, 5.74) is 8.38. The van der Waals surface area contributed by atoms with E-state index in [-0.39, 0.29) is 0 Å². The monoisotopic (exact) mass is 553 g/mol. The van der Waals surface area contributed by atoms with Crippen LogP contribution in [0.25, 0.3) is 53.2 Å². The fourth-order valence-electron chi connectivity index (χ4n) is 6.11. The second-order valence-electron chi connectivity index (χ2n) is 10.5. The van der Waals surface area contributed by atoms with Gasteiger partial charge in [0, 0.05) is 31.5 Å². The molecule has 0 atom stereocenters. The maximum absolute atomic E-state index is 2.42. The van der Waals surface area contributed by atoms with E-state index in [0.29, 0.717) is 0 Å². The summed E-state index contributed by atoms with van der Waals surface area (Å²) < 4.78 is 2.64. The van der Waals surface area contributed by atoms with Crippen LogP contribution in [0.2, 0.25) is 0 Å². The highest BCUT2D eigenvalue weighted by atomic mass is 32.1. The Bertz CT molecular complexity index is 2180. The zero-order valence-electron chi connectivity index (χ0n) is 22.9. The van der Waals surface area contributed by atoms with Crippen LogP contribution in [0.1, 0.15) is 0 Å². The molecule has 0 saturated heterocycles. The Morgan fingerprint density at radius 1 is 0.429 bits per heavy atom. The third kappa shape index (κ3) is 4.16. The molecule has 1 nitrogen and oxygen atoms in total. The molecule has 198 valence electrons. The normalized spacial score (nSPS) is 11.3. The molecule has 0 aliphatic rings. The SMILES string of the molecule is c1ccc(-c2ccccc2-c2ccc(N(c3ccccc3)c3cc4ccccc4c4sc5ccccc5c34)cc2)cc1. The molecule has 2 heteroatoms. The van der Waals surface area contributed by atoms with Crippen molar-refractivity contribution in [2.45, 2.75) is 0 Å². The lowest BCUT2D eigenvalue weighted by Crippen LogP contribution is -2.10. The highest BCUT2D eigenvalue weighted by Crippen LogP contribution is 2.48. The van der Waals surface area contributed by atoms with Gasteiger partial charge in [0.2, 0.25) is 0 Å². The quantitative estimate of drug-likeness (QED) is 0.205. The van der Waals surface area contributed by atoms with Gasteiger partial charge in [-0.25, -0.2) is 0 Å². The number of hydrogen-bond donors (Lipinski definition) is 0. The molecule has 42 heavy (non-hydrogen) atoms. The minimum atomic E-state index is 1.13. The van der Waals surface area contributed by atoms with Gasteiger partial charge in [0.05, 0.1) is 5.69 Å². The first-order chi connectivity index (χ1) is 20.8. The van der Waals surface area contributed by atoms with E-state index in [4.69, 9.17) is 0 Å². The van der Waals surface area contributed by atoms with Gasteiger partial charge in [-0.2, -0.15) is 0 Å². The van der Waals surface area contributed by atoms with E-state index in [2.05, 4.69) is 169 Å². The Morgan fingerprint density at radius 3 is 1.71 bits per heavy atom. The lowest BCUT2D eigenvalue weighted by atomic mass is 9.94. The van der Waals surface area contributed by atoms with Gasteiger partial charge in [-0.3, -0.25) is 0 Å². The smallest absolute Gasteiger partial charge is 0.0561 e. The Kier molecular flexibility index (Phi) is 6.05. The number of fused-ring (bicyclic) bond motifs is 5. The summed E-state index contributed by atoms with van der Waals surface area (Å²) in [4.78, 5) is 2.42. The van der Waals surface area contributed by atoms with E-state index < -0.39 is 0 Å². The number of benzene rings is 7. The molecular formula is C40H27NS. The molecule has 0 aliphatic carbocycles. The summed E-state index contributed by atoms with van der Waals surface area (Å²) in [5.74, 6) is 0. The molecule has 0 unspecified atom stereocenters. The minimum Gasteiger partial charge on any atom is -0.310 e. The summed E-state index contributed by atoms with van der Waals surface area (Å²) >= 11 is 1.89. The Morgan fingerprint density at radius 2 is 0.976 bits per heavy atom. The van der Waals surface area contributed by atoms with Crippen molar-refractivity contribution in [1.29, 1.82) is 0 Å². The van der Waals surface area contributed by atoms with Gasteiger partial charge in [0.1, 0.15) is 0 Å². The summed E-state index contributed by atoms with van der Waals surface area (Å²) in [6.45, 7) is 0. The number of rotatable bonds is 5. The summed E-state index contributed by atoms with van der Waals surface area (Å²) in [6, 6.07) is 59.0. The summed E-state index contributed by atoms with van der Waals surface area (Å²) in [6.07, 6.45) is 0. The molecule has 7 aromatic carbocycles. The van der Waals surface area contributed by atoms with Crippen LogP contribution in [-0.2, 0) is 0 Å². The van der Waals surface area contributed by atoms with Crippen LogP contribution < -0.4 is 4.90 Å². The maximum Gasteiger partial charge on any atom is 0.0561 e. The van der Waals surface area contributed by atoms with Crippen LogP contribution in [0, 0.1) is 0 Å². The van der Waals surface area contributed by atoms with Crippen molar-refractivity contribution in [1.82, 2.24) is 0 Å². The van der Waals surface area contributed by atoms with E-state index >= 15 is 0 Å². The lowest BCUT2D eigenvalue weighted by molar-refractivity contribution is 1.30. The third-order valence-corrected chi connectivity index (χ3v) is 9.26. The Labute approximate surface area is 249 Å².